The van der Waals surface area contributed by atoms with Crippen molar-refractivity contribution in [1.82, 2.24) is 5.01 Å². The lowest BCUT2D eigenvalue weighted by atomic mass is 10.1. The van der Waals surface area contributed by atoms with Crippen molar-refractivity contribution >= 4 is 21.8 Å². The van der Waals surface area contributed by atoms with Crippen molar-refractivity contribution in [1.29, 1.82) is 0 Å². The van der Waals surface area contributed by atoms with Crippen LogP contribution in [0.2, 0.25) is 0 Å². The topological polar surface area (TPSA) is 41.6 Å². The Labute approximate surface area is 131 Å². The fraction of sp³-hybridized carbons (Fsp3) is 0.188. The van der Waals surface area contributed by atoms with Gasteiger partial charge in [-0.3, -0.25) is 10.0 Å². The average Bonchev–Trinajstić information content (AvgIpc) is 2.80. The van der Waals surface area contributed by atoms with Crippen molar-refractivity contribution in [3.05, 3.63) is 69.9 Å². The van der Waals surface area contributed by atoms with Gasteiger partial charge in [0.15, 0.2) is 0 Å². The van der Waals surface area contributed by atoms with E-state index in [1.54, 1.807) is 11.1 Å². The van der Waals surface area contributed by atoms with E-state index in [0.29, 0.717) is 13.0 Å². The molecule has 0 saturated carbocycles. The van der Waals surface area contributed by atoms with Crippen molar-refractivity contribution in [2.24, 2.45) is 10.8 Å². The number of nitrogens with two attached hydrogens (primary N) is 1. The highest BCUT2D eigenvalue weighted by atomic mass is 79.9. The number of halogens is 2. The van der Waals surface area contributed by atoms with Gasteiger partial charge in [0.05, 0.1) is 12.6 Å². The summed E-state index contributed by atoms with van der Waals surface area (Å²) < 4.78 is 14.3. The first-order valence-electron chi connectivity index (χ1n) is 6.71. The largest absolute Gasteiger partial charge is 0.296 e. The summed E-state index contributed by atoms with van der Waals surface area (Å²) in [6.45, 7) is 0.632. The van der Waals surface area contributed by atoms with E-state index in [0.717, 1.165) is 21.4 Å². The molecule has 21 heavy (non-hydrogen) atoms. The normalized spacial score (nSPS) is 18.0. The second-order valence-electron chi connectivity index (χ2n) is 5.04. The molecule has 3 rings (SSSR count). The Morgan fingerprint density at radius 1 is 1.24 bits per heavy atom. The average molecular weight is 348 g/mol. The minimum absolute atomic E-state index is 0.00846. The second-order valence-corrected chi connectivity index (χ2v) is 5.90. The first-order valence-corrected chi connectivity index (χ1v) is 7.50. The van der Waals surface area contributed by atoms with Crippen LogP contribution in [-0.2, 0) is 6.42 Å². The Morgan fingerprint density at radius 3 is 2.81 bits per heavy atom. The van der Waals surface area contributed by atoms with Gasteiger partial charge in [-0.1, -0.05) is 46.3 Å². The van der Waals surface area contributed by atoms with Crippen LogP contribution in [0.3, 0.4) is 0 Å². The predicted octanol–water partition coefficient (Wildman–Crippen LogP) is 3.46. The standard InChI is InChI=1S/C16H15BrFN3/c17-14-7-2-1-6-13(14)15-10-21(19)16(20-15)9-11-4-3-5-12(18)8-11/h1-8,15H,9-10,19H2. The van der Waals surface area contributed by atoms with Crippen LogP contribution in [0.4, 0.5) is 4.39 Å². The minimum Gasteiger partial charge on any atom is -0.296 e. The number of aliphatic imine (C=N–C) groups is 1. The van der Waals surface area contributed by atoms with Crippen LogP contribution in [0.15, 0.2) is 58.0 Å². The summed E-state index contributed by atoms with van der Waals surface area (Å²) in [5.41, 5.74) is 1.99. The fourth-order valence-corrected chi connectivity index (χ4v) is 3.03. The molecule has 1 aliphatic heterocycles. The van der Waals surface area contributed by atoms with E-state index in [1.807, 2.05) is 30.3 Å². The maximum absolute atomic E-state index is 13.2. The van der Waals surface area contributed by atoms with Gasteiger partial charge in [-0.2, -0.15) is 0 Å². The summed E-state index contributed by atoms with van der Waals surface area (Å²) in [5.74, 6) is 6.58. The molecule has 3 nitrogen and oxygen atoms in total. The summed E-state index contributed by atoms with van der Waals surface area (Å²) in [4.78, 5) is 4.69. The van der Waals surface area contributed by atoms with Crippen molar-refractivity contribution in [3.63, 3.8) is 0 Å². The summed E-state index contributed by atoms with van der Waals surface area (Å²) in [5, 5.41) is 1.65. The van der Waals surface area contributed by atoms with Crippen LogP contribution in [-0.4, -0.2) is 17.4 Å². The smallest absolute Gasteiger partial charge is 0.123 e. The van der Waals surface area contributed by atoms with Gasteiger partial charge in [0, 0.05) is 10.9 Å². The Bertz CT molecular complexity index is 687. The Balaban J connectivity index is 1.83. The van der Waals surface area contributed by atoms with E-state index in [4.69, 9.17) is 10.8 Å². The molecule has 0 amide bonds. The lowest BCUT2D eigenvalue weighted by Gasteiger charge is -2.14. The molecule has 0 saturated heterocycles. The fourth-order valence-electron chi connectivity index (χ4n) is 2.48. The summed E-state index contributed by atoms with van der Waals surface area (Å²) >= 11 is 3.54. The molecule has 2 aromatic rings. The van der Waals surface area contributed by atoms with Gasteiger partial charge in [0.1, 0.15) is 11.7 Å². The molecule has 0 aliphatic carbocycles. The lowest BCUT2D eigenvalue weighted by Crippen LogP contribution is -2.35. The van der Waals surface area contributed by atoms with E-state index < -0.39 is 0 Å². The second kappa shape index (κ2) is 5.95. The third-order valence-corrected chi connectivity index (χ3v) is 4.24. The van der Waals surface area contributed by atoms with Gasteiger partial charge in [-0.25, -0.2) is 10.2 Å². The van der Waals surface area contributed by atoms with Crippen molar-refractivity contribution in [2.45, 2.75) is 12.5 Å². The van der Waals surface area contributed by atoms with Gasteiger partial charge in [-0.05, 0) is 29.3 Å². The number of hydrogen-bond donors (Lipinski definition) is 1. The van der Waals surface area contributed by atoms with Crippen LogP contribution >= 0.6 is 15.9 Å². The molecule has 108 valence electrons. The van der Waals surface area contributed by atoms with Gasteiger partial charge >= 0.3 is 0 Å². The van der Waals surface area contributed by atoms with E-state index in [2.05, 4.69) is 15.9 Å². The molecule has 2 N–H and O–H groups in total. The number of hydrogen-bond acceptors (Lipinski definition) is 3. The molecule has 1 aliphatic rings. The third-order valence-electron chi connectivity index (χ3n) is 3.52. The van der Waals surface area contributed by atoms with Crippen molar-refractivity contribution in [3.8, 4) is 0 Å². The Morgan fingerprint density at radius 2 is 2.05 bits per heavy atom. The zero-order valence-electron chi connectivity index (χ0n) is 11.3. The van der Waals surface area contributed by atoms with Gasteiger partial charge in [0.2, 0.25) is 0 Å². The number of hydrazine groups is 1. The van der Waals surface area contributed by atoms with Crippen molar-refractivity contribution in [2.75, 3.05) is 6.54 Å². The number of rotatable bonds is 3. The third kappa shape index (κ3) is 3.14. The van der Waals surface area contributed by atoms with E-state index in [1.165, 1.54) is 12.1 Å². The Kier molecular flexibility index (Phi) is 4.03. The first-order chi connectivity index (χ1) is 10.1. The summed E-state index contributed by atoms with van der Waals surface area (Å²) in [7, 11) is 0. The molecule has 1 heterocycles. The molecule has 0 aromatic heterocycles. The maximum Gasteiger partial charge on any atom is 0.123 e. The molecule has 5 heteroatoms. The van der Waals surface area contributed by atoms with E-state index >= 15 is 0 Å². The molecular formula is C16H15BrFN3. The monoisotopic (exact) mass is 347 g/mol. The number of benzene rings is 2. The van der Waals surface area contributed by atoms with Crippen LogP contribution < -0.4 is 5.84 Å². The predicted molar refractivity (Wildman–Crippen MR) is 85.3 cm³/mol. The molecule has 1 unspecified atom stereocenters. The van der Waals surface area contributed by atoms with Crippen LogP contribution in [0.25, 0.3) is 0 Å². The first kappa shape index (κ1) is 14.2. The van der Waals surface area contributed by atoms with Gasteiger partial charge in [0.25, 0.3) is 0 Å². The van der Waals surface area contributed by atoms with Crippen LogP contribution in [0.1, 0.15) is 17.2 Å². The van der Waals surface area contributed by atoms with Gasteiger partial charge < -0.3 is 0 Å². The molecular weight excluding hydrogens is 333 g/mol. The van der Waals surface area contributed by atoms with E-state index in [9.17, 15) is 4.39 Å². The molecule has 0 bridgehead atoms. The van der Waals surface area contributed by atoms with Gasteiger partial charge in [-0.15, -0.1) is 0 Å². The zero-order chi connectivity index (χ0) is 14.8. The van der Waals surface area contributed by atoms with Crippen LogP contribution in [0, 0.1) is 5.82 Å². The number of amidine groups is 1. The van der Waals surface area contributed by atoms with E-state index in [-0.39, 0.29) is 11.9 Å². The molecule has 0 fully saturated rings. The Hall–Kier alpha value is -1.72. The highest BCUT2D eigenvalue weighted by molar-refractivity contribution is 9.10. The summed E-state index contributed by atoms with van der Waals surface area (Å²) in [6, 6.07) is 14.5. The molecule has 2 aromatic carbocycles. The SMILES string of the molecule is NN1CC(c2ccccc2Br)N=C1Cc1cccc(F)c1. The summed E-state index contributed by atoms with van der Waals surface area (Å²) in [6.07, 6.45) is 0.537. The molecule has 0 spiro atoms. The molecule has 1 atom stereocenters. The lowest BCUT2D eigenvalue weighted by molar-refractivity contribution is 0.442. The molecule has 0 radical (unpaired) electrons. The van der Waals surface area contributed by atoms with Crippen LogP contribution in [0.5, 0.6) is 0 Å². The van der Waals surface area contributed by atoms with Crippen molar-refractivity contribution < 1.29 is 4.39 Å². The minimum atomic E-state index is -0.239. The maximum atomic E-state index is 13.2. The highest BCUT2D eigenvalue weighted by Gasteiger charge is 2.25. The zero-order valence-corrected chi connectivity index (χ0v) is 12.9. The number of nitrogens with zero attached hydrogens (tertiary/aromatic N) is 2. The quantitative estimate of drug-likeness (QED) is 0.864. The highest BCUT2D eigenvalue weighted by Crippen LogP contribution is 2.30.